The lowest BCUT2D eigenvalue weighted by atomic mass is 9.50. The van der Waals surface area contributed by atoms with E-state index in [1.54, 1.807) is 16.8 Å². The molecule has 10 nitrogen and oxygen atoms in total. The van der Waals surface area contributed by atoms with Gasteiger partial charge < -0.3 is 38.6 Å². The topological polar surface area (TPSA) is 130 Å². The molecular weight excluding hydrogens is 552 g/mol. The summed E-state index contributed by atoms with van der Waals surface area (Å²) in [4.78, 5) is 27.2. The van der Waals surface area contributed by atoms with E-state index in [1.807, 2.05) is 32.1 Å². The van der Waals surface area contributed by atoms with Gasteiger partial charge in [-0.3, -0.25) is 4.79 Å². The highest BCUT2D eigenvalue weighted by molar-refractivity contribution is 7.08. The molecule has 1 spiro atoms. The number of cyclic esters (lactones) is 1. The molecule has 11 atom stereocenters. The van der Waals surface area contributed by atoms with Crippen molar-refractivity contribution < 1.29 is 48.2 Å². The second kappa shape index (κ2) is 11.9. The molecule has 11 heteroatoms. The first kappa shape index (κ1) is 30.3. The molecule has 2 N–H and O–H groups in total. The molecule has 5 aliphatic rings. The van der Waals surface area contributed by atoms with Crippen molar-refractivity contribution in [1.82, 2.24) is 0 Å². The van der Waals surface area contributed by atoms with E-state index in [0.717, 1.165) is 5.57 Å². The molecule has 226 valence electrons. The molecule has 3 fully saturated rings. The minimum Gasteiger partial charge on any atom is -0.459 e. The van der Waals surface area contributed by atoms with Crippen LogP contribution in [0.15, 0.2) is 40.6 Å². The monoisotopic (exact) mass is 592 g/mol. The molecule has 0 amide bonds. The first-order valence-electron chi connectivity index (χ1n) is 14.0. The number of rotatable bonds is 9. The van der Waals surface area contributed by atoms with Gasteiger partial charge in [-0.05, 0) is 29.9 Å². The molecule has 41 heavy (non-hydrogen) atoms. The van der Waals surface area contributed by atoms with Gasteiger partial charge in [0.15, 0.2) is 0 Å². The molecule has 4 bridgehead atoms. The third kappa shape index (κ3) is 4.99. The van der Waals surface area contributed by atoms with Gasteiger partial charge in [0.25, 0.3) is 0 Å². The standard InChI is InChI=1S/C30H40O10S/c1-16-10-17(2)30-21(20(12-35-3)28(34)38-26(16)23(31)14-37-5)7-6-18-11-29(40-30,22(13-36-4)25(32)24(18)30)39-27(33)19-8-9-41-15-19/h6-10,15-16,18,20-26,31-32H,11-14H2,1-5H3/b17-10+/t16-,18+,20-,21-,22-,23-,24+,25-,26+,29-,30+/m1/s1. The van der Waals surface area contributed by atoms with Gasteiger partial charge in [0.05, 0.1) is 43.3 Å². The second-order valence-electron chi connectivity index (χ2n) is 11.7. The SMILES string of the molecule is COC[C@@H](O)[C@H]1OC(=O)[C@H](COC)[C@H]2C=C[C@H]3C[C@@]4(OC(=O)c5ccsc5)O[C@]2(/C(C)=C/[C@H]1C)[C@@H]3[C@H](O)[C@H]4COC. The molecule has 4 heterocycles. The highest BCUT2D eigenvalue weighted by atomic mass is 32.1. The minimum atomic E-state index is -1.53. The van der Waals surface area contributed by atoms with Gasteiger partial charge in [0.1, 0.15) is 17.8 Å². The molecule has 1 aromatic heterocycles. The van der Waals surface area contributed by atoms with Crippen LogP contribution in [0.4, 0.5) is 0 Å². The van der Waals surface area contributed by atoms with Crippen LogP contribution in [-0.2, 0) is 33.2 Å². The average Bonchev–Trinajstić information content (AvgIpc) is 3.48. The van der Waals surface area contributed by atoms with Crippen molar-refractivity contribution in [2.45, 2.75) is 50.0 Å². The summed E-state index contributed by atoms with van der Waals surface area (Å²) in [6, 6.07) is 1.69. The van der Waals surface area contributed by atoms with Crippen LogP contribution in [0.25, 0.3) is 0 Å². The number of aliphatic hydroxyl groups is 2. The number of allylic oxidation sites excluding steroid dienone is 1. The number of carbonyl (C=O) groups excluding carboxylic acids is 2. The molecule has 0 aromatic carbocycles. The summed E-state index contributed by atoms with van der Waals surface area (Å²) < 4.78 is 35.5. The van der Waals surface area contributed by atoms with E-state index in [0.29, 0.717) is 12.0 Å². The fraction of sp³-hybridized carbons (Fsp3) is 0.667. The molecule has 1 saturated carbocycles. The van der Waals surface area contributed by atoms with Crippen LogP contribution in [0.1, 0.15) is 30.6 Å². The Morgan fingerprint density at radius 3 is 2.61 bits per heavy atom. The summed E-state index contributed by atoms with van der Waals surface area (Å²) in [6.07, 6.45) is 3.30. The molecule has 1 aromatic rings. The van der Waals surface area contributed by atoms with Crippen LogP contribution in [0.3, 0.4) is 0 Å². The third-order valence-electron chi connectivity index (χ3n) is 9.29. The quantitative estimate of drug-likeness (QED) is 0.326. The van der Waals surface area contributed by atoms with E-state index in [9.17, 15) is 19.8 Å². The van der Waals surface area contributed by atoms with Gasteiger partial charge in [-0.15, -0.1) is 0 Å². The maximum Gasteiger partial charge on any atom is 0.341 e. The number of ether oxygens (including phenoxy) is 6. The van der Waals surface area contributed by atoms with Gasteiger partial charge in [0.2, 0.25) is 5.79 Å². The van der Waals surface area contributed by atoms with Gasteiger partial charge in [-0.1, -0.05) is 25.2 Å². The molecule has 0 unspecified atom stereocenters. The number of methoxy groups -OCH3 is 3. The molecule has 2 aliphatic carbocycles. The van der Waals surface area contributed by atoms with Gasteiger partial charge >= 0.3 is 11.9 Å². The van der Waals surface area contributed by atoms with Crippen LogP contribution in [0, 0.1) is 35.5 Å². The summed E-state index contributed by atoms with van der Waals surface area (Å²) in [6.45, 7) is 3.88. The van der Waals surface area contributed by atoms with Gasteiger partial charge in [-0.25, -0.2) is 4.79 Å². The Labute approximate surface area is 244 Å². The lowest BCUT2D eigenvalue weighted by Gasteiger charge is -2.67. The lowest BCUT2D eigenvalue weighted by Crippen LogP contribution is -2.76. The maximum atomic E-state index is 13.8. The summed E-state index contributed by atoms with van der Waals surface area (Å²) in [5, 5.41) is 26.4. The molecule has 3 aliphatic heterocycles. The summed E-state index contributed by atoms with van der Waals surface area (Å²) >= 11 is 1.38. The smallest absolute Gasteiger partial charge is 0.341 e. The van der Waals surface area contributed by atoms with Crippen molar-refractivity contribution in [3.63, 3.8) is 0 Å². The number of carbonyl (C=O) groups is 2. The minimum absolute atomic E-state index is 0.0150. The van der Waals surface area contributed by atoms with Crippen LogP contribution in [-0.4, -0.2) is 93.0 Å². The summed E-state index contributed by atoms with van der Waals surface area (Å²) in [5.41, 5.74) is -0.0745. The third-order valence-corrected chi connectivity index (χ3v) is 9.97. The van der Waals surface area contributed by atoms with Gasteiger partial charge in [-0.2, -0.15) is 11.3 Å². The highest BCUT2D eigenvalue weighted by Gasteiger charge is 2.73. The Morgan fingerprint density at radius 1 is 1.20 bits per heavy atom. The zero-order chi connectivity index (χ0) is 29.5. The zero-order valence-corrected chi connectivity index (χ0v) is 24.9. The Balaban J connectivity index is 1.67. The number of aliphatic hydroxyl groups excluding tert-OH is 2. The normalized spacial score (nSPS) is 41.7. The Kier molecular flexibility index (Phi) is 8.78. The van der Waals surface area contributed by atoms with Crippen molar-refractivity contribution >= 4 is 23.3 Å². The van der Waals surface area contributed by atoms with E-state index in [1.165, 1.54) is 32.7 Å². The predicted molar refractivity (Wildman–Crippen MR) is 148 cm³/mol. The van der Waals surface area contributed by atoms with Crippen LogP contribution in [0.5, 0.6) is 0 Å². The Morgan fingerprint density at radius 2 is 1.95 bits per heavy atom. The second-order valence-corrected chi connectivity index (χ2v) is 12.4. The fourth-order valence-corrected chi connectivity index (χ4v) is 8.24. The van der Waals surface area contributed by atoms with Crippen LogP contribution in [0.2, 0.25) is 0 Å². The molecule has 6 rings (SSSR count). The Hall–Kier alpha value is -2.12. The van der Waals surface area contributed by atoms with Crippen molar-refractivity contribution in [2.24, 2.45) is 35.5 Å². The van der Waals surface area contributed by atoms with Crippen molar-refractivity contribution in [3.05, 3.63) is 46.2 Å². The number of hydrogen-bond donors (Lipinski definition) is 2. The first-order chi connectivity index (χ1) is 19.6. The average molecular weight is 593 g/mol. The Bertz CT molecular complexity index is 1170. The van der Waals surface area contributed by atoms with Crippen molar-refractivity contribution in [2.75, 3.05) is 41.2 Å². The number of thiophene rings is 1. The number of esters is 2. The largest absolute Gasteiger partial charge is 0.459 e. The highest BCUT2D eigenvalue weighted by Crippen LogP contribution is 2.64. The van der Waals surface area contributed by atoms with Gasteiger partial charge in [0, 0.05) is 50.9 Å². The maximum absolute atomic E-state index is 13.8. The first-order valence-corrected chi connectivity index (χ1v) is 14.9. The summed E-state index contributed by atoms with van der Waals surface area (Å²) in [5.74, 6) is -5.82. The van der Waals surface area contributed by atoms with E-state index in [4.69, 9.17) is 28.4 Å². The van der Waals surface area contributed by atoms with E-state index >= 15 is 0 Å². The fourth-order valence-electron chi connectivity index (χ4n) is 7.62. The zero-order valence-electron chi connectivity index (χ0n) is 24.1. The van der Waals surface area contributed by atoms with E-state index in [2.05, 4.69) is 0 Å². The van der Waals surface area contributed by atoms with Crippen molar-refractivity contribution in [3.8, 4) is 0 Å². The van der Waals surface area contributed by atoms with Crippen molar-refractivity contribution in [1.29, 1.82) is 0 Å². The van der Waals surface area contributed by atoms with E-state index in [-0.39, 0.29) is 25.7 Å². The van der Waals surface area contributed by atoms with Crippen LogP contribution >= 0.6 is 11.3 Å². The lowest BCUT2D eigenvalue weighted by molar-refractivity contribution is -0.399. The number of fused-ring (bicyclic) bond motifs is 1. The molecular formula is C30H40O10S. The van der Waals surface area contributed by atoms with Crippen LogP contribution < -0.4 is 0 Å². The molecule has 2 saturated heterocycles. The number of hydrogen-bond acceptors (Lipinski definition) is 11. The van der Waals surface area contributed by atoms with E-state index < -0.39 is 71.2 Å². The molecule has 0 radical (unpaired) electrons. The predicted octanol–water partition coefficient (Wildman–Crippen LogP) is 2.59. The summed E-state index contributed by atoms with van der Waals surface area (Å²) in [7, 11) is 4.51.